The van der Waals surface area contributed by atoms with Crippen molar-refractivity contribution in [2.24, 2.45) is 0 Å². The Balaban J connectivity index is 2.14. The van der Waals surface area contributed by atoms with Gasteiger partial charge >= 0.3 is 0 Å². The minimum absolute atomic E-state index is 0.293. The summed E-state index contributed by atoms with van der Waals surface area (Å²) >= 11 is 6.19. The second kappa shape index (κ2) is 9.31. The van der Waals surface area contributed by atoms with Crippen molar-refractivity contribution in [3.05, 3.63) is 29.6 Å². The number of nitrogens with zero attached hydrogens (tertiary/aromatic N) is 1. The van der Waals surface area contributed by atoms with Crippen molar-refractivity contribution >= 4 is 11.6 Å². The van der Waals surface area contributed by atoms with Gasteiger partial charge in [-0.15, -0.1) is 0 Å². The second-order valence-corrected chi connectivity index (χ2v) is 4.81. The molecule has 1 unspecified atom stereocenters. The maximum Gasteiger partial charge on any atom is 0.157 e. The highest BCUT2D eigenvalue weighted by atomic mass is 35.5. The van der Waals surface area contributed by atoms with Crippen LogP contribution in [0.5, 0.6) is 0 Å². The van der Waals surface area contributed by atoms with Crippen molar-refractivity contribution < 1.29 is 9.84 Å². The molecule has 0 spiro atoms. The molecular formula is C14H22ClNO2. The SMILES string of the molecule is Cc1cnccc1C(Cl)OCCCCCCCO. The molecule has 1 N–H and O–H groups in total. The van der Waals surface area contributed by atoms with Gasteiger partial charge in [-0.05, 0) is 31.4 Å². The summed E-state index contributed by atoms with van der Waals surface area (Å²) in [4.78, 5) is 4.03. The van der Waals surface area contributed by atoms with Crippen molar-refractivity contribution in [3.63, 3.8) is 0 Å². The number of alkyl halides is 1. The Morgan fingerprint density at radius 1 is 1.28 bits per heavy atom. The monoisotopic (exact) mass is 271 g/mol. The first kappa shape index (κ1) is 15.4. The van der Waals surface area contributed by atoms with Gasteiger partial charge in [-0.2, -0.15) is 0 Å². The van der Waals surface area contributed by atoms with Crippen molar-refractivity contribution in [1.29, 1.82) is 0 Å². The minimum atomic E-state index is -0.384. The first-order chi connectivity index (χ1) is 8.75. The Hall–Kier alpha value is -0.640. The summed E-state index contributed by atoms with van der Waals surface area (Å²) in [6, 6.07) is 1.90. The smallest absolute Gasteiger partial charge is 0.157 e. The molecule has 1 aromatic heterocycles. The van der Waals surface area contributed by atoms with Crippen LogP contribution in [0.4, 0.5) is 0 Å². The summed E-state index contributed by atoms with van der Waals surface area (Å²) in [5.74, 6) is 0. The van der Waals surface area contributed by atoms with E-state index in [9.17, 15) is 0 Å². The first-order valence-electron chi connectivity index (χ1n) is 6.52. The number of halogens is 1. The van der Waals surface area contributed by atoms with E-state index >= 15 is 0 Å². The van der Waals surface area contributed by atoms with E-state index in [0.717, 1.165) is 43.2 Å². The number of hydrogen-bond acceptors (Lipinski definition) is 3. The van der Waals surface area contributed by atoms with Crippen molar-refractivity contribution in [2.75, 3.05) is 13.2 Å². The molecule has 0 aliphatic rings. The lowest BCUT2D eigenvalue weighted by molar-refractivity contribution is 0.104. The molecule has 0 amide bonds. The van der Waals surface area contributed by atoms with E-state index in [-0.39, 0.29) is 5.56 Å². The molecule has 0 aromatic carbocycles. The van der Waals surface area contributed by atoms with E-state index in [2.05, 4.69) is 4.98 Å². The van der Waals surface area contributed by atoms with E-state index in [0.29, 0.717) is 13.2 Å². The van der Waals surface area contributed by atoms with Crippen LogP contribution >= 0.6 is 11.6 Å². The topological polar surface area (TPSA) is 42.4 Å². The summed E-state index contributed by atoms with van der Waals surface area (Å²) < 4.78 is 5.60. The quantitative estimate of drug-likeness (QED) is 0.551. The van der Waals surface area contributed by atoms with Crippen LogP contribution in [0.15, 0.2) is 18.5 Å². The summed E-state index contributed by atoms with van der Waals surface area (Å²) in [7, 11) is 0. The van der Waals surface area contributed by atoms with Crippen LogP contribution in [0.3, 0.4) is 0 Å². The van der Waals surface area contributed by atoms with Gasteiger partial charge in [0.05, 0.1) is 0 Å². The minimum Gasteiger partial charge on any atom is -0.396 e. The number of rotatable bonds is 9. The van der Waals surface area contributed by atoms with Gasteiger partial charge in [-0.3, -0.25) is 4.98 Å². The molecule has 1 aromatic rings. The summed E-state index contributed by atoms with van der Waals surface area (Å²) in [5, 5.41) is 8.65. The molecule has 0 saturated heterocycles. The molecule has 1 rings (SSSR count). The largest absolute Gasteiger partial charge is 0.396 e. The fraction of sp³-hybridized carbons (Fsp3) is 0.643. The van der Waals surface area contributed by atoms with Crippen LogP contribution < -0.4 is 0 Å². The normalized spacial score (nSPS) is 12.6. The maximum atomic E-state index is 8.65. The average Bonchev–Trinajstić information content (AvgIpc) is 2.38. The fourth-order valence-corrected chi connectivity index (χ4v) is 2.09. The standard InChI is InChI=1S/C14H22ClNO2/c1-12-11-16-8-7-13(12)14(15)18-10-6-4-2-3-5-9-17/h7-8,11,14,17H,2-6,9-10H2,1H3. The van der Waals surface area contributed by atoms with Crippen LogP contribution in [0.2, 0.25) is 0 Å². The van der Waals surface area contributed by atoms with Gasteiger partial charge < -0.3 is 9.84 Å². The van der Waals surface area contributed by atoms with E-state index in [4.69, 9.17) is 21.4 Å². The zero-order chi connectivity index (χ0) is 13.2. The van der Waals surface area contributed by atoms with E-state index < -0.39 is 0 Å². The summed E-state index contributed by atoms with van der Waals surface area (Å²) in [5.41, 5.74) is 1.66. The van der Waals surface area contributed by atoms with Crippen LogP contribution in [0, 0.1) is 6.92 Å². The zero-order valence-corrected chi connectivity index (χ0v) is 11.7. The van der Waals surface area contributed by atoms with Gasteiger partial charge in [0.1, 0.15) is 0 Å². The number of aromatic nitrogens is 1. The second-order valence-electron chi connectivity index (χ2n) is 4.41. The van der Waals surface area contributed by atoms with Crippen LogP contribution in [-0.4, -0.2) is 23.3 Å². The van der Waals surface area contributed by atoms with Crippen LogP contribution in [0.1, 0.15) is 48.8 Å². The maximum absolute atomic E-state index is 8.65. The van der Waals surface area contributed by atoms with Gasteiger partial charge in [-0.1, -0.05) is 30.9 Å². The number of aliphatic hydroxyl groups excluding tert-OH is 1. The highest BCUT2D eigenvalue weighted by molar-refractivity contribution is 6.20. The van der Waals surface area contributed by atoms with Crippen LogP contribution in [0.25, 0.3) is 0 Å². The van der Waals surface area contributed by atoms with Crippen molar-refractivity contribution in [2.45, 2.75) is 44.6 Å². The highest BCUT2D eigenvalue weighted by Gasteiger charge is 2.10. The number of ether oxygens (including phenoxy) is 1. The van der Waals surface area contributed by atoms with Gasteiger partial charge in [0.25, 0.3) is 0 Å². The summed E-state index contributed by atoms with van der Waals surface area (Å²) in [6.45, 7) is 2.95. The van der Waals surface area contributed by atoms with Gasteiger partial charge in [-0.25, -0.2) is 0 Å². The number of pyridine rings is 1. The number of aliphatic hydroxyl groups is 1. The molecule has 4 heteroatoms. The van der Waals surface area contributed by atoms with Crippen LogP contribution in [-0.2, 0) is 4.74 Å². The predicted octanol–water partition coefficient (Wildman–Crippen LogP) is 3.59. The average molecular weight is 272 g/mol. The van der Waals surface area contributed by atoms with Gasteiger partial charge in [0.15, 0.2) is 5.56 Å². The van der Waals surface area contributed by atoms with Crippen molar-refractivity contribution in [3.8, 4) is 0 Å². The number of unbranched alkanes of at least 4 members (excludes halogenated alkanes) is 4. The summed E-state index contributed by atoms with van der Waals surface area (Å²) in [6.07, 6.45) is 8.79. The number of hydrogen-bond donors (Lipinski definition) is 1. The van der Waals surface area contributed by atoms with Gasteiger partial charge in [0.2, 0.25) is 0 Å². The lowest BCUT2D eigenvalue weighted by atomic mass is 10.1. The molecule has 0 saturated carbocycles. The molecule has 18 heavy (non-hydrogen) atoms. The molecule has 0 aliphatic heterocycles. The Bertz CT molecular complexity index is 333. The Morgan fingerprint density at radius 2 is 2.00 bits per heavy atom. The highest BCUT2D eigenvalue weighted by Crippen LogP contribution is 2.24. The Labute approximate surface area is 114 Å². The van der Waals surface area contributed by atoms with E-state index in [1.807, 2.05) is 13.0 Å². The molecule has 1 atom stereocenters. The molecule has 0 aliphatic carbocycles. The molecule has 0 radical (unpaired) electrons. The molecule has 102 valence electrons. The molecule has 0 bridgehead atoms. The molecule has 0 fully saturated rings. The lowest BCUT2D eigenvalue weighted by Gasteiger charge is -2.13. The Morgan fingerprint density at radius 3 is 2.72 bits per heavy atom. The fourth-order valence-electron chi connectivity index (χ4n) is 1.76. The first-order valence-corrected chi connectivity index (χ1v) is 6.96. The third-order valence-electron chi connectivity index (χ3n) is 2.87. The Kier molecular flexibility index (Phi) is 7.98. The molecule has 1 heterocycles. The third-order valence-corrected chi connectivity index (χ3v) is 3.24. The lowest BCUT2D eigenvalue weighted by Crippen LogP contribution is -2.02. The molecule has 3 nitrogen and oxygen atoms in total. The third kappa shape index (κ3) is 5.80. The van der Waals surface area contributed by atoms with E-state index in [1.165, 1.54) is 0 Å². The molecular weight excluding hydrogens is 250 g/mol. The predicted molar refractivity (Wildman–Crippen MR) is 73.7 cm³/mol. The van der Waals surface area contributed by atoms with Gasteiger partial charge in [0, 0.05) is 31.2 Å². The van der Waals surface area contributed by atoms with Crippen molar-refractivity contribution in [1.82, 2.24) is 4.98 Å². The van der Waals surface area contributed by atoms with E-state index in [1.54, 1.807) is 12.4 Å². The number of aryl methyl sites for hydroxylation is 1. The zero-order valence-electron chi connectivity index (χ0n) is 10.9.